The van der Waals surface area contributed by atoms with Crippen LogP contribution in [-0.4, -0.2) is 25.3 Å². The highest BCUT2D eigenvalue weighted by molar-refractivity contribution is 5.09. The van der Waals surface area contributed by atoms with Crippen molar-refractivity contribution in [3.63, 3.8) is 0 Å². The summed E-state index contributed by atoms with van der Waals surface area (Å²) in [6.07, 6.45) is 14.0. The first kappa shape index (κ1) is 17.3. The topological polar surface area (TPSA) is 21.3 Å². The molecular formula is C19H37NO. The zero-order chi connectivity index (χ0) is 15.1. The van der Waals surface area contributed by atoms with Gasteiger partial charge in [-0.25, -0.2) is 0 Å². The minimum Gasteiger partial charge on any atom is -0.377 e. The van der Waals surface area contributed by atoms with Gasteiger partial charge in [-0.2, -0.15) is 0 Å². The molecule has 2 aliphatic carbocycles. The first-order chi connectivity index (χ1) is 10.3. The summed E-state index contributed by atoms with van der Waals surface area (Å²) in [6.45, 7) is 9.05. The third-order valence-electron chi connectivity index (χ3n) is 6.04. The number of hydrogen-bond acceptors (Lipinski definition) is 2. The van der Waals surface area contributed by atoms with Gasteiger partial charge >= 0.3 is 0 Å². The normalized spacial score (nSPS) is 28.7. The van der Waals surface area contributed by atoms with Gasteiger partial charge in [-0.3, -0.25) is 0 Å². The Kier molecular flexibility index (Phi) is 7.01. The summed E-state index contributed by atoms with van der Waals surface area (Å²) in [5.74, 6) is 0.783. The second-order valence-electron chi connectivity index (χ2n) is 7.42. The zero-order valence-corrected chi connectivity index (χ0v) is 14.6. The smallest absolute Gasteiger partial charge is 0.0661 e. The first-order valence-corrected chi connectivity index (χ1v) is 9.61. The maximum atomic E-state index is 6.44. The van der Waals surface area contributed by atoms with Gasteiger partial charge in [-0.15, -0.1) is 0 Å². The molecule has 0 aliphatic heterocycles. The highest BCUT2D eigenvalue weighted by Crippen LogP contribution is 2.54. The predicted octanol–water partition coefficient (Wildman–Crippen LogP) is 4.92. The average Bonchev–Trinajstić information content (AvgIpc) is 3.01. The Morgan fingerprint density at radius 3 is 2.52 bits per heavy atom. The van der Waals surface area contributed by atoms with Crippen LogP contribution >= 0.6 is 0 Å². The molecule has 0 heterocycles. The molecule has 124 valence electrons. The molecule has 2 saturated carbocycles. The van der Waals surface area contributed by atoms with Gasteiger partial charge in [0, 0.05) is 18.1 Å². The van der Waals surface area contributed by atoms with E-state index in [-0.39, 0.29) is 0 Å². The lowest BCUT2D eigenvalue weighted by molar-refractivity contribution is -0.141. The van der Waals surface area contributed by atoms with Gasteiger partial charge in [-0.05, 0) is 44.6 Å². The lowest BCUT2D eigenvalue weighted by atomic mass is 9.60. The van der Waals surface area contributed by atoms with E-state index in [9.17, 15) is 0 Å². The van der Waals surface area contributed by atoms with E-state index in [2.05, 4.69) is 26.1 Å². The van der Waals surface area contributed by atoms with Crippen LogP contribution < -0.4 is 5.32 Å². The second-order valence-corrected chi connectivity index (χ2v) is 7.42. The third-order valence-corrected chi connectivity index (χ3v) is 6.04. The van der Waals surface area contributed by atoms with E-state index in [0.29, 0.717) is 11.5 Å². The van der Waals surface area contributed by atoms with Crippen molar-refractivity contribution < 1.29 is 4.74 Å². The number of rotatable bonds is 10. The lowest BCUT2D eigenvalue weighted by Gasteiger charge is -2.54. The molecule has 0 aromatic carbocycles. The van der Waals surface area contributed by atoms with Gasteiger partial charge < -0.3 is 10.1 Å². The van der Waals surface area contributed by atoms with Gasteiger partial charge in [0.15, 0.2) is 0 Å². The van der Waals surface area contributed by atoms with Crippen molar-refractivity contribution in [1.82, 2.24) is 5.32 Å². The third kappa shape index (κ3) is 4.01. The summed E-state index contributed by atoms with van der Waals surface area (Å²) >= 11 is 0. The molecule has 0 bridgehead atoms. The summed E-state index contributed by atoms with van der Waals surface area (Å²) in [6, 6.07) is 0.737. The van der Waals surface area contributed by atoms with Crippen LogP contribution in [0.25, 0.3) is 0 Å². The molecule has 0 saturated heterocycles. The van der Waals surface area contributed by atoms with Crippen LogP contribution in [0.4, 0.5) is 0 Å². The molecule has 1 spiro atoms. The lowest BCUT2D eigenvalue weighted by Crippen LogP contribution is -2.63. The minimum absolute atomic E-state index is 0.498. The number of unbranched alkanes of at least 4 members (excludes halogenated alkanes) is 1. The van der Waals surface area contributed by atoms with Crippen molar-refractivity contribution in [2.45, 2.75) is 97.1 Å². The molecule has 2 rings (SSSR count). The van der Waals surface area contributed by atoms with E-state index in [1.54, 1.807) is 0 Å². The van der Waals surface area contributed by atoms with Gasteiger partial charge in [-0.1, -0.05) is 52.9 Å². The van der Waals surface area contributed by atoms with Crippen molar-refractivity contribution >= 4 is 0 Å². The largest absolute Gasteiger partial charge is 0.377 e. The Labute approximate surface area is 132 Å². The van der Waals surface area contributed by atoms with Gasteiger partial charge in [0.05, 0.1) is 6.10 Å². The van der Waals surface area contributed by atoms with Crippen LogP contribution in [-0.2, 0) is 4.74 Å². The molecule has 2 aliphatic rings. The molecule has 2 nitrogen and oxygen atoms in total. The fourth-order valence-electron chi connectivity index (χ4n) is 4.44. The van der Waals surface area contributed by atoms with Crippen LogP contribution in [0.3, 0.4) is 0 Å². The van der Waals surface area contributed by atoms with Crippen molar-refractivity contribution in [3.05, 3.63) is 0 Å². The Morgan fingerprint density at radius 1 is 1.14 bits per heavy atom. The predicted molar refractivity (Wildman–Crippen MR) is 90.6 cm³/mol. The van der Waals surface area contributed by atoms with E-state index in [1.807, 2.05) is 0 Å². The van der Waals surface area contributed by atoms with Gasteiger partial charge in [0.2, 0.25) is 0 Å². The van der Waals surface area contributed by atoms with Crippen LogP contribution in [0.2, 0.25) is 0 Å². The Hall–Kier alpha value is -0.0800. The Morgan fingerprint density at radius 2 is 1.90 bits per heavy atom. The summed E-state index contributed by atoms with van der Waals surface area (Å²) < 4.78 is 6.44. The Bertz CT molecular complexity index is 285. The maximum absolute atomic E-state index is 6.44. The second kappa shape index (κ2) is 8.53. The highest BCUT2D eigenvalue weighted by atomic mass is 16.5. The number of hydrogen-bond donors (Lipinski definition) is 1. The van der Waals surface area contributed by atoms with Crippen LogP contribution in [0, 0.1) is 11.3 Å². The molecule has 1 N–H and O–H groups in total. The highest BCUT2D eigenvalue weighted by Gasteiger charge is 2.56. The van der Waals surface area contributed by atoms with Crippen LogP contribution in [0.5, 0.6) is 0 Å². The minimum atomic E-state index is 0.498. The summed E-state index contributed by atoms with van der Waals surface area (Å²) in [5, 5.41) is 3.79. The molecule has 3 atom stereocenters. The Balaban J connectivity index is 1.80. The first-order valence-electron chi connectivity index (χ1n) is 9.61. The SMILES string of the molecule is CCCCC(CC)COC1CC(NCCC)C12CCCC2. The van der Waals surface area contributed by atoms with E-state index in [0.717, 1.165) is 18.6 Å². The molecule has 0 aromatic heterocycles. The van der Waals surface area contributed by atoms with Gasteiger partial charge in [0.25, 0.3) is 0 Å². The fraction of sp³-hybridized carbons (Fsp3) is 1.00. The summed E-state index contributed by atoms with van der Waals surface area (Å²) in [5.41, 5.74) is 0.498. The maximum Gasteiger partial charge on any atom is 0.0661 e. The molecule has 3 unspecified atom stereocenters. The molecule has 0 radical (unpaired) electrons. The summed E-state index contributed by atoms with van der Waals surface area (Å²) in [7, 11) is 0. The number of nitrogens with one attached hydrogen (secondary N) is 1. The van der Waals surface area contributed by atoms with Crippen molar-refractivity contribution in [1.29, 1.82) is 0 Å². The number of ether oxygens (including phenoxy) is 1. The summed E-state index contributed by atoms with van der Waals surface area (Å²) in [4.78, 5) is 0. The van der Waals surface area contributed by atoms with Crippen LogP contribution in [0.1, 0.15) is 85.0 Å². The van der Waals surface area contributed by atoms with E-state index in [1.165, 1.54) is 70.8 Å². The van der Waals surface area contributed by atoms with E-state index >= 15 is 0 Å². The zero-order valence-electron chi connectivity index (χ0n) is 14.6. The molecule has 21 heavy (non-hydrogen) atoms. The van der Waals surface area contributed by atoms with Gasteiger partial charge in [0.1, 0.15) is 0 Å². The molecule has 2 fully saturated rings. The monoisotopic (exact) mass is 295 g/mol. The molecular weight excluding hydrogens is 258 g/mol. The fourth-order valence-corrected chi connectivity index (χ4v) is 4.44. The molecule has 2 heteroatoms. The van der Waals surface area contributed by atoms with Crippen LogP contribution in [0.15, 0.2) is 0 Å². The molecule has 0 amide bonds. The van der Waals surface area contributed by atoms with Crippen molar-refractivity contribution in [2.75, 3.05) is 13.2 Å². The van der Waals surface area contributed by atoms with E-state index in [4.69, 9.17) is 4.74 Å². The van der Waals surface area contributed by atoms with Crippen molar-refractivity contribution in [3.8, 4) is 0 Å². The quantitative estimate of drug-likeness (QED) is 0.617. The standard InChI is InChI=1S/C19H37NO/c1-4-7-10-16(6-3)15-21-18-14-17(20-13-5-2)19(18)11-8-9-12-19/h16-18,20H,4-15H2,1-3H3. The van der Waals surface area contributed by atoms with Crippen molar-refractivity contribution in [2.24, 2.45) is 11.3 Å². The average molecular weight is 296 g/mol. The molecule has 0 aromatic rings. The van der Waals surface area contributed by atoms with E-state index < -0.39 is 0 Å².